The van der Waals surface area contributed by atoms with Crippen molar-refractivity contribution in [2.75, 3.05) is 12.8 Å². The van der Waals surface area contributed by atoms with E-state index in [0.717, 1.165) is 0 Å². The molecule has 6 heteroatoms. The number of halogens is 2. The van der Waals surface area contributed by atoms with Crippen LogP contribution in [0, 0.1) is 5.82 Å². The number of methoxy groups -OCH3 is 1. The summed E-state index contributed by atoms with van der Waals surface area (Å²) < 4.78 is 18.7. The number of anilines is 1. The van der Waals surface area contributed by atoms with Crippen molar-refractivity contribution in [3.8, 4) is 11.1 Å². The molecule has 0 spiro atoms. The number of H-pyrrole nitrogens is 1. The molecule has 0 bridgehead atoms. The molecule has 0 unspecified atom stereocenters. The quantitative estimate of drug-likeness (QED) is 0.886. The first-order chi connectivity index (χ1) is 8.13. The number of ether oxygens (including phenoxy) is 1. The molecule has 90 valence electrons. The van der Waals surface area contributed by atoms with Crippen molar-refractivity contribution in [2.24, 2.45) is 0 Å². The average Bonchev–Trinajstić information content (AvgIpc) is 2.69. The van der Waals surface area contributed by atoms with E-state index in [2.05, 4.69) is 10.2 Å². The van der Waals surface area contributed by atoms with E-state index in [1.54, 1.807) is 6.07 Å². The normalized spacial score (nSPS) is 10.8. The van der Waals surface area contributed by atoms with Crippen LogP contribution < -0.4 is 5.73 Å². The molecule has 0 aliphatic rings. The summed E-state index contributed by atoms with van der Waals surface area (Å²) in [5.74, 6) is -0.0464. The van der Waals surface area contributed by atoms with E-state index in [9.17, 15) is 4.39 Å². The van der Waals surface area contributed by atoms with E-state index in [-0.39, 0.29) is 6.61 Å². The summed E-state index contributed by atoms with van der Waals surface area (Å²) in [6.45, 7) is 0.131. The van der Waals surface area contributed by atoms with Gasteiger partial charge in [-0.3, -0.25) is 5.10 Å². The number of nitrogens with zero attached hydrogens (tertiary/aromatic N) is 1. The Morgan fingerprint density at radius 1 is 1.53 bits per heavy atom. The molecule has 3 N–H and O–H groups in total. The van der Waals surface area contributed by atoms with Crippen molar-refractivity contribution in [3.63, 3.8) is 0 Å². The molecule has 0 fully saturated rings. The first kappa shape index (κ1) is 11.9. The van der Waals surface area contributed by atoms with Gasteiger partial charge in [0.15, 0.2) is 0 Å². The van der Waals surface area contributed by atoms with Crippen LogP contribution in [0.1, 0.15) is 5.56 Å². The summed E-state index contributed by atoms with van der Waals surface area (Å²) in [4.78, 5) is 0. The summed E-state index contributed by atoms with van der Waals surface area (Å²) in [5.41, 5.74) is 7.20. The second-order valence-corrected chi connectivity index (χ2v) is 3.96. The number of hydrogen-bond acceptors (Lipinski definition) is 3. The van der Waals surface area contributed by atoms with Crippen LogP contribution in [-0.2, 0) is 11.3 Å². The summed E-state index contributed by atoms with van der Waals surface area (Å²) in [5, 5.41) is 6.67. The third-order valence-corrected chi connectivity index (χ3v) is 2.75. The van der Waals surface area contributed by atoms with Gasteiger partial charge in [0.25, 0.3) is 0 Å². The van der Waals surface area contributed by atoms with Gasteiger partial charge in [-0.1, -0.05) is 11.6 Å². The Balaban J connectivity index is 2.49. The second-order valence-electron chi connectivity index (χ2n) is 3.55. The molecule has 2 rings (SSSR count). The number of aromatic amines is 1. The van der Waals surface area contributed by atoms with Crippen LogP contribution in [0.3, 0.4) is 0 Å². The van der Waals surface area contributed by atoms with Gasteiger partial charge in [-0.25, -0.2) is 4.39 Å². The number of benzene rings is 1. The van der Waals surface area contributed by atoms with Crippen LogP contribution in [0.4, 0.5) is 10.2 Å². The molecule has 4 nitrogen and oxygen atoms in total. The Kier molecular flexibility index (Phi) is 3.31. The van der Waals surface area contributed by atoms with Crippen LogP contribution in [0.2, 0.25) is 5.02 Å². The predicted molar refractivity (Wildman–Crippen MR) is 64.1 cm³/mol. The number of nitrogens with two attached hydrogens (primary N) is 1. The van der Waals surface area contributed by atoms with Crippen molar-refractivity contribution in [1.29, 1.82) is 0 Å². The molecule has 0 saturated heterocycles. The monoisotopic (exact) mass is 255 g/mol. The maximum Gasteiger partial charge on any atom is 0.130 e. The zero-order chi connectivity index (χ0) is 12.4. The van der Waals surface area contributed by atoms with Crippen molar-refractivity contribution in [2.45, 2.75) is 6.61 Å². The lowest BCUT2D eigenvalue weighted by molar-refractivity contribution is 0.181. The number of hydrogen-bond donors (Lipinski definition) is 2. The molecular formula is C11H11ClFN3O. The summed E-state index contributed by atoms with van der Waals surface area (Å²) >= 11 is 5.99. The van der Waals surface area contributed by atoms with Gasteiger partial charge >= 0.3 is 0 Å². The van der Waals surface area contributed by atoms with Crippen LogP contribution >= 0.6 is 11.6 Å². The van der Waals surface area contributed by atoms with Crippen molar-refractivity contribution in [3.05, 3.63) is 34.7 Å². The van der Waals surface area contributed by atoms with Gasteiger partial charge < -0.3 is 10.5 Å². The highest BCUT2D eigenvalue weighted by Crippen LogP contribution is 2.30. The fraction of sp³-hybridized carbons (Fsp3) is 0.182. The van der Waals surface area contributed by atoms with Gasteiger partial charge in [0.05, 0.1) is 12.8 Å². The number of rotatable bonds is 3. The third kappa shape index (κ3) is 2.25. The van der Waals surface area contributed by atoms with Crippen LogP contribution in [0.15, 0.2) is 18.3 Å². The van der Waals surface area contributed by atoms with E-state index >= 15 is 0 Å². The molecular weight excluding hydrogens is 245 g/mol. The van der Waals surface area contributed by atoms with Crippen LogP contribution in [0.25, 0.3) is 11.1 Å². The van der Waals surface area contributed by atoms with Crippen LogP contribution in [0.5, 0.6) is 0 Å². The van der Waals surface area contributed by atoms with Crippen LogP contribution in [-0.4, -0.2) is 17.3 Å². The van der Waals surface area contributed by atoms with Gasteiger partial charge in [-0.2, -0.15) is 5.10 Å². The third-order valence-electron chi connectivity index (χ3n) is 2.41. The standard InChI is InChI=1S/C11H11ClFN3O/c1-17-5-8-9(12)2-6(3-10(8)13)7-4-15-16-11(7)14/h2-4H,5H2,1H3,(H3,14,15,16). The number of nitrogen functional groups attached to an aromatic ring is 1. The van der Waals surface area contributed by atoms with Gasteiger partial charge in [-0.15, -0.1) is 0 Å². The maximum absolute atomic E-state index is 13.8. The van der Waals surface area contributed by atoms with Gasteiger partial charge in [0, 0.05) is 23.3 Å². The Morgan fingerprint density at radius 3 is 2.82 bits per heavy atom. The first-order valence-electron chi connectivity index (χ1n) is 4.89. The molecule has 0 atom stereocenters. The average molecular weight is 256 g/mol. The smallest absolute Gasteiger partial charge is 0.130 e. The molecule has 0 aliphatic heterocycles. The Bertz CT molecular complexity index is 518. The molecule has 1 aromatic carbocycles. The van der Waals surface area contributed by atoms with Gasteiger partial charge in [-0.05, 0) is 17.7 Å². The Morgan fingerprint density at radius 2 is 2.29 bits per heavy atom. The lowest BCUT2D eigenvalue weighted by Crippen LogP contribution is -1.96. The highest BCUT2D eigenvalue weighted by Gasteiger charge is 2.12. The second kappa shape index (κ2) is 4.73. The molecule has 0 saturated carbocycles. The molecule has 0 amide bonds. The zero-order valence-corrected chi connectivity index (χ0v) is 9.88. The van der Waals surface area contributed by atoms with Crippen molar-refractivity contribution in [1.82, 2.24) is 10.2 Å². The van der Waals surface area contributed by atoms with E-state index in [0.29, 0.717) is 27.5 Å². The summed E-state index contributed by atoms with van der Waals surface area (Å²) in [6, 6.07) is 3.00. The van der Waals surface area contributed by atoms with E-state index in [1.165, 1.54) is 19.4 Å². The largest absolute Gasteiger partial charge is 0.384 e. The topological polar surface area (TPSA) is 63.9 Å². The number of aromatic nitrogens is 2. The minimum absolute atomic E-state index is 0.131. The zero-order valence-electron chi connectivity index (χ0n) is 9.13. The molecule has 0 radical (unpaired) electrons. The first-order valence-corrected chi connectivity index (χ1v) is 5.27. The molecule has 0 aliphatic carbocycles. The lowest BCUT2D eigenvalue weighted by Gasteiger charge is -2.07. The van der Waals surface area contributed by atoms with Crippen molar-refractivity contribution < 1.29 is 9.13 Å². The SMILES string of the molecule is COCc1c(F)cc(-c2cn[nH]c2N)cc1Cl. The Labute approximate surface area is 103 Å². The fourth-order valence-electron chi connectivity index (χ4n) is 1.57. The minimum Gasteiger partial charge on any atom is -0.384 e. The molecule has 1 heterocycles. The number of nitrogens with one attached hydrogen (secondary N) is 1. The Hall–Kier alpha value is -1.59. The fourth-order valence-corrected chi connectivity index (χ4v) is 1.83. The van der Waals surface area contributed by atoms with E-state index in [4.69, 9.17) is 22.1 Å². The van der Waals surface area contributed by atoms with Gasteiger partial charge in [0.1, 0.15) is 11.6 Å². The highest BCUT2D eigenvalue weighted by atomic mass is 35.5. The minimum atomic E-state index is -0.421. The summed E-state index contributed by atoms with van der Waals surface area (Å²) in [6.07, 6.45) is 1.52. The molecule has 1 aromatic heterocycles. The maximum atomic E-state index is 13.8. The lowest BCUT2D eigenvalue weighted by atomic mass is 10.1. The van der Waals surface area contributed by atoms with E-state index < -0.39 is 5.82 Å². The van der Waals surface area contributed by atoms with Gasteiger partial charge in [0.2, 0.25) is 0 Å². The van der Waals surface area contributed by atoms with Crippen molar-refractivity contribution >= 4 is 17.4 Å². The summed E-state index contributed by atoms with van der Waals surface area (Å²) in [7, 11) is 1.48. The predicted octanol–water partition coefficient (Wildman–Crippen LogP) is 2.60. The molecule has 2 aromatic rings. The molecule has 17 heavy (non-hydrogen) atoms. The van der Waals surface area contributed by atoms with E-state index in [1.807, 2.05) is 0 Å². The highest BCUT2D eigenvalue weighted by molar-refractivity contribution is 6.31.